The Morgan fingerprint density at radius 3 is 2.03 bits per heavy atom. The number of benzene rings is 2. The summed E-state index contributed by atoms with van der Waals surface area (Å²) in [5.74, 6) is 1.38. The second-order valence-electron chi connectivity index (χ2n) is 6.71. The van der Waals surface area contributed by atoms with Gasteiger partial charge >= 0.3 is 7.60 Å². The highest BCUT2D eigenvalue weighted by Crippen LogP contribution is 2.48. The van der Waals surface area contributed by atoms with Gasteiger partial charge in [0.1, 0.15) is 11.5 Å². The zero-order valence-corrected chi connectivity index (χ0v) is 19.1. The lowest BCUT2D eigenvalue weighted by molar-refractivity contribution is 0.0187. The Morgan fingerprint density at radius 1 is 0.900 bits per heavy atom. The van der Waals surface area contributed by atoms with Crippen molar-refractivity contribution in [2.45, 2.75) is 34.1 Å². The molecule has 0 radical (unpaired) electrons. The van der Waals surface area contributed by atoms with E-state index in [1.54, 1.807) is 13.8 Å². The molecule has 0 saturated heterocycles. The van der Waals surface area contributed by atoms with Gasteiger partial charge in [-0.05, 0) is 80.6 Å². The lowest BCUT2D eigenvalue weighted by atomic mass is 9.96. The van der Waals surface area contributed by atoms with Crippen LogP contribution in [-0.4, -0.2) is 33.1 Å². The van der Waals surface area contributed by atoms with Gasteiger partial charge in [0, 0.05) is 0 Å². The van der Waals surface area contributed by atoms with E-state index < -0.39 is 7.60 Å². The van der Waals surface area contributed by atoms with Crippen LogP contribution in [0.3, 0.4) is 0 Å². The first-order valence-electron chi connectivity index (χ1n) is 10.0. The molecule has 2 aromatic rings. The van der Waals surface area contributed by atoms with Gasteiger partial charge in [-0.1, -0.05) is 12.1 Å². The minimum Gasteiger partial charge on any atom is -0.481 e. The maximum atomic E-state index is 12.6. The molecule has 0 bridgehead atoms. The first-order chi connectivity index (χ1) is 14.4. The standard InChI is InChI=1S/C22H32NO6P/c1-5-28-30(24,29-6-2)16-27-21-11-17(3)22(18(4)12-21)13-19-7-9-20(10-8-19)26-15-25-14-23/h7-12H,5-6,13-16,23H2,1-4H3. The van der Waals surface area contributed by atoms with Crippen molar-refractivity contribution in [2.75, 3.05) is 33.1 Å². The van der Waals surface area contributed by atoms with E-state index in [1.807, 2.05) is 50.2 Å². The molecule has 0 fully saturated rings. The van der Waals surface area contributed by atoms with E-state index in [-0.39, 0.29) is 19.9 Å². The van der Waals surface area contributed by atoms with Crippen molar-refractivity contribution in [1.29, 1.82) is 0 Å². The van der Waals surface area contributed by atoms with Gasteiger partial charge in [0.2, 0.25) is 0 Å². The van der Waals surface area contributed by atoms with Gasteiger partial charge in [0.05, 0.1) is 19.9 Å². The fourth-order valence-corrected chi connectivity index (χ4v) is 4.36. The van der Waals surface area contributed by atoms with Gasteiger partial charge in [-0.15, -0.1) is 0 Å². The van der Waals surface area contributed by atoms with Crippen molar-refractivity contribution in [3.8, 4) is 11.5 Å². The zero-order valence-electron chi connectivity index (χ0n) is 18.2. The van der Waals surface area contributed by atoms with Crippen LogP contribution in [-0.2, 0) is 24.8 Å². The van der Waals surface area contributed by atoms with Crippen molar-refractivity contribution >= 4 is 7.60 Å². The molecule has 0 saturated carbocycles. The molecule has 2 rings (SSSR count). The van der Waals surface area contributed by atoms with Crippen LogP contribution in [0.2, 0.25) is 0 Å². The molecule has 0 spiro atoms. The fraction of sp³-hybridized carbons (Fsp3) is 0.455. The average Bonchev–Trinajstić information content (AvgIpc) is 2.71. The molecule has 166 valence electrons. The largest absolute Gasteiger partial charge is 0.481 e. The molecule has 0 amide bonds. The number of aryl methyl sites for hydroxylation is 2. The second kappa shape index (κ2) is 12.1. The van der Waals surface area contributed by atoms with Crippen LogP contribution < -0.4 is 15.2 Å². The SMILES string of the molecule is CCOP(=O)(COc1cc(C)c(Cc2ccc(OCOCN)cc2)c(C)c1)OCC. The molecule has 2 N–H and O–H groups in total. The van der Waals surface area contributed by atoms with E-state index in [1.165, 1.54) is 11.1 Å². The van der Waals surface area contributed by atoms with Gasteiger partial charge in [-0.3, -0.25) is 4.57 Å². The van der Waals surface area contributed by atoms with Crippen LogP contribution in [0.5, 0.6) is 11.5 Å². The van der Waals surface area contributed by atoms with Crippen molar-refractivity contribution < 1.29 is 27.8 Å². The minimum atomic E-state index is -3.25. The molecular weight excluding hydrogens is 405 g/mol. The lowest BCUT2D eigenvalue weighted by Gasteiger charge is -2.19. The van der Waals surface area contributed by atoms with Gasteiger partial charge in [0.25, 0.3) is 0 Å². The molecule has 0 aromatic heterocycles. The summed E-state index contributed by atoms with van der Waals surface area (Å²) in [4.78, 5) is 0. The molecule has 0 aliphatic rings. The third kappa shape index (κ3) is 7.42. The van der Waals surface area contributed by atoms with Crippen LogP contribution in [0, 0.1) is 13.8 Å². The molecule has 0 atom stereocenters. The van der Waals surface area contributed by atoms with Gasteiger partial charge in [-0.25, -0.2) is 0 Å². The number of nitrogens with two attached hydrogens (primary N) is 1. The van der Waals surface area contributed by atoms with Crippen molar-refractivity contribution in [1.82, 2.24) is 0 Å². The predicted octanol–water partition coefficient (Wildman–Crippen LogP) is 4.77. The maximum absolute atomic E-state index is 12.6. The van der Waals surface area contributed by atoms with Gasteiger partial charge in [0.15, 0.2) is 13.1 Å². The predicted molar refractivity (Wildman–Crippen MR) is 117 cm³/mol. The first kappa shape index (κ1) is 24.4. The summed E-state index contributed by atoms with van der Waals surface area (Å²) in [6.45, 7) is 8.52. The van der Waals surface area contributed by atoms with E-state index in [9.17, 15) is 4.57 Å². The summed E-state index contributed by atoms with van der Waals surface area (Å²) in [7, 11) is -3.25. The Morgan fingerprint density at radius 2 is 1.50 bits per heavy atom. The summed E-state index contributed by atoms with van der Waals surface area (Å²) in [6, 6.07) is 11.8. The smallest absolute Gasteiger partial charge is 0.367 e. The van der Waals surface area contributed by atoms with E-state index >= 15 is 0 Å². The third-order valence-electron chi connectivity index (χ3n) is 4.44. The first-order valence-corrected chi connectivity index (χ1v) is 11.7. The Hall–Kier alpha value is -1.89. The average molecular weight is 437 g/mol. The molecule has 7 nitrogen and oxygen atoms in total. The normalized spacial score (nSPS) is 11.5. The molecule has 0 unspecified atom stereocenters. The molecular formula is C22H32NO6P. The summed E-state index contributed by atoms with van der Waals surface area (Å²) in [6.07, 6.45) is 0.677. The summed E-state index contributed by atoms with van der Waals surface area (Å²) in [5, 5.41) is 0. The maximum Gasteiger partial charge on any atom is 0.367 e. The van der Waals surface area contributed by atoms with Gasteiger partial charge < -0.3 is 29.0 Å². The highest BCUT2D eigenvalue weighted by Gasteiger charge is 2.24. The van der Waals surface area contributed by atoms with Crippen molar-refractivity contribution in [3.05, 3.63) is 58.7 Å². The summed E-state index contributed by atoms with van der Waals surface area (Å²) in [5.41, 5.74) is 9.86. The quantitative estimate of drug-likeness (QED) is 0.274. The molecule has 2 aromatic carbocycles. The van der Waals surface area contributed by atoms with Crippen LogP contribution >= 0.6 is 7.60 Å². The van der Waals surface area contributed by atoms with E-state index in [2.05, 4.69) is 0 Å². The molecule has 0 aliphatic heterocycles. The highest BCUT2D eigenvalue weighted by molar-refractivity contribution is 7.53. The van der Waals surface area contributed by atoms with E-state index in [0.717, 1.165) is 23.3 Å². The fourth-order valence-electron chi connectivity index (χ4n) is 3.04. The Bertz CT molecular complexity index is 807. The van der Waals surface area contributed by atoms with Crippen LogP contribution in [0.15, 0.2) is 36.4 Å². The lowest BCUT2D eigenvalue weighted by Crippen LogP contribution is -2.09. The third-order valence-corrected chi connectivity index (χ3v) is 6.19. The van der Waals surface area contributed by atoms with E-state index in [0.29, 0.717) is 19.0 Å². The van der Waals surface area contributed by atoms with Crippen LogP contribution in [0.1, 0.15) is 36.1 Å². The molecule has 0 aliphatic carbocycles. The molecule has 8 heteroatoms. The minimum absolute atomic E-state index is 0.109. The van der Waals surface area contributed by atoms with Crippen LogP contribution in [0.4, 0.5) is 0 Å². The summed E-state index contributed by atoms with van der Waals surface area (Å²) < 4.78 is 39.3. The Labute approximate surface area is 179 Å². The monoisotopic (exact) mass is 437 g/mol. The van der Waals surface area contributed by atoms with Crippen LogP contribution in [0.25, 0.3) is 0 Å². The Kier molecular flexibility index (Phi) is 9.82. The number of hydrogen-bond donors (Lipinski definition) is 1. The zero-order chi connectivity index (χ0) is 22.0. The second-order valence-corrected chi connectivity index (χ2v) is 8.71. The highest BCUT2D eigenvalue weighted by atomic mass is 31.2. The van der Waals surface area contributed by atoms with Crippen molar-refractivity contribution in [2.24, 2.45) is 5.73 Å². The van der Waals surface area contributed by atoms with Gasteiger partial charge in [-0.2, -0.15) is 0 Å². The van der Waals surface area contributed by atoms with Crippen molar-refractivity contribution in [3.63, 3.8) is 0 Å². The number of rotatable bonds is 13. The summed E-state index contributed by atoms with van der Waals surface area (Å²) >= 11 is 0. The molecule has 0 heterocycles. The molecule has 30 heavy (non-hydrogen) atoms. The van der Waals surface area contributed by atoms with E-state index in [4.69, 9.17) is 29.0 Å². The topological polar surface area (TPSA) is 89.2 Å². The Balaban J connectivity index is 2.04. The number of ether oxygens (including phenoxy) is 3. The number of hydrogen-bond acceptors (Lipinski definition) is 7.